The van der Waals surface area contributed by atoms with Gasteiger partial charge < -0.3 is 14.5 Å². The number of carbonyl (C=O) groups is 3. The number of benzene rings is 3. The molecule has 8 rings (SSSR count). The van der Waals surface area contributed by atoms with E-state index in [0.717, 1.165) is 33.2 Å². The molecule has 0 spiro atoms. The smallest absolute Gasteiger partial charge is 0.338 e. The number of nitrogens with one attached hydrogen (secondary N) is 1. The van der Waals surface area contributed by atoms with Gasteiger partial charge in [0, 0.05) is 16.0 Å². The minimum atomic E-state index is -0.438. The van der Waals surface area contributed by atoms with Gasteiger partial charge in [0.15, 0.2) is 0 Å². The van der Waals surface area contributed by atoms with Crippen LogP contribution in [0, 0.1) is 36.5 Å². The Morgan fingerprint density at radius 3 is 2.30 bits per heavy atom. The minimum Gasteiger partial charge on any atom is -0.489 e. The van der Waals surface area contributed by atoms with Gasteiger partial charge in [-0.05, 0) is 85.5 Å². The Kier molecular flexibility index (Phi) is 7.17. The van der Waals surface area contributed by atoms with E-state index in [0.29, 0.717) is 17.9 Å². The molecule has 2 saturated carbocycles. The lowest BCUT2D eigenvalue weighted by Gasteiger charge is -2.43. The summed E-state index contributed by atoms with van der Waals surface area (Å²) in [4.78, 5) is 58.1. The van der Waals surface area contributed by atoms with Crippen molar-refractivity contribution in [2.75, 3.05) is 11.5 Å². The Morgan fingerprint density at radius 1 is 0.913 bits per heavy atom. The van der Waals surface area contributed by atoms with Crippen molar-refractivity contribution in [2.45, 2.75) is 43.1 Å². The summed E-state index contributed by atoms with van der Waals surface area (Å²) in [5, 5.41) is 0.989. The summed E-state index contributed by atoms with van der Waals surface area (Å²) in [6.07, 6.45) is 0.818. The highest BCUT2D eigenvalue weighted by Crippen LogP contribution is 2.68. The van der Waals surface area contributed by atoms with Gasteiger partial charge >= 0.3 is 10.8 Å². The Labute approximate surface area is 274 Å². The van der Waals surface area contributed by atoms with Gasteiger partial charge in [-0.1, -0.05) is 53.3 Å². The lowest BCUT2D eigenvalue weighted by atomic mass is 9.68. The second-order valence-electron chi connectivity index (χ2n) is 12.6. The highest BCUT2D eigenvalue weighted by molar-refractivity contribution is 8.00. The van der Waals surface area contributed by atoms with E-state index in [1.807, 2.05) is 12.1 Å². The minimum absolute atomic E-state index is 0.0144. The second-order valence-corrected chi connectivity index (χ2v) is 14.8. The molecule has 3 aromatic carbocycles. The molecule has 234 valence electrons. The number of thiazole rings is 1. The topological polar surface area (TPSA) is 106 Å². The van der Waals surface area contributed by atoms with Crippen molar-refractivity contribution in [2.24, 2.45) is 29.6 Å². The number of nitrogens with zero attached hydrogens (tertiary/aromatic N) is 1. The van der Waals surface area contributed by atoms with Crippen molar-refractivity contribution in [1.82, 2.24) is 4.98 Å². The van der Waals surface area contributed by atoms with Crippen LogP contribution in [0.5, 0.6) is 5.75 Å². The molecule has 1 aromatic heterocycles. The molecule has 10 heteroatoms. The number of amides is 2. The number of aromatic amines is 1. The van der Waals surface area contributed by atoms with E-state index in [9.17, 15) is 19.2 Å². The molecule has 3 fully saturated rings. The zero-order valence-corrected chi connectivity index (χ0v) is 26.9. The Morgan fingerprint density at radius 2 is 1.61 bits per heavy atom. The van der Waals surface area contributed by atoms with Gasteiger partial charge in [0.05, 0.1) is 34.7 Å². The number of fused-ring (bicyclic) bond motifs is 9. The highest BCUT2D eigenvalue weighted by atomic mass is 32.2. The number of H-pyrrole nitrogens is 1. The standard InChI is InChI=1S/C36H32N2O6S2/c1-3-43-35(41)21-8-12-22(13-9-21)38-33(39)28-24-16-25(29(28)34(38)40)30-27(24)26(31-32(45-30)37-36(42)46-31)20-10-14-23(15-11-20)44-17-19-6-4-18(2)5-7-19/h4-15,24-30H,3,16-17H2,1-2H3,(H,37,42)/t24?,25?,26-,27?,28?,29?,30?/m1/s1. The largest absolute Gasteiger partial charge is 0.489 e. The molecule has 3 heterocycles. The van der Waals surface area contributed by atoms with Crippen LogP contribution in [0.15, 0.2) is 82.6 Å². The van der Waals surface area contributed by atoms with Crippen LogP contribution >= 0.6 is 23.1 Å². The van der Waals surface area contributed by atoms with Crippen molar-refractivity contribution < 1.29 is 23.9 Å². The number of ether oxygens (including phenoxy) is 2. The number of hydrogen-bond acceptors (Lipinski definition) is 8. The summed E-state index contributed by atoms with van der Waals surface area (Å²) in [6, 6.07) is 22.9. The van der Waals surface area contributed by atoms with Crippen molar-refractivity contribution in [3.63, 3.8) is 0 Å². The summed E-state index contributed by atoms with van der Waals surface area (Å²) >= 11 is 2.93. The first-order chi connectivity index (χ1) is 22.3. The number of imide groups is 1. The van der Waals surface area contributed by atoms with E-state index in [1.165, 1.54) is 21.8 Å². The molecule has 46 heavy (non-hydrogen) atoms. The van der Waals surface area contributed by atoms with Crippen LogP contribution in [-0.2, 0) is 20.9 Å². The first-order valence-electron chi connectivity index (χ1n) is 15.7. The van der Waals surface area contributed by atoms with E-state index >= 15 is 0 Å². The molecule has 8 nitrogen and oxygen atoms in total. The SMILES string of the molecule is CCOC(=O)c1ccc(N2C(=O)C3C4CC(C3C2=O)C2C4Sc3[nH]c(=O)sc3[C@@H]2c2ccc(OCc3ccc(C)cc3)cc2)cc1. The normalized spacial score (nSPS) is 27.3. The molecule has 2 bridgehead atoms. The Hall–Kier alpha value is -4.15. The summed E-state index contributed by atoms with van der Waals surface area (Å²) < 4.78 is 11.2. The number of hydrogen-bond donors (Lipinski definition) is 1. The van der Waals surface area contributed by atoms with Gasteiger partial charge in [0.25, 0.3) is 0 Å². The van der Waals surface area contributed by atoms with Gasteiger partial charge in [0.2, 0.25) is 11.8 Å². The van der Waals surface area contributed by atoms with Crippen LogP contribution in [0.2, 0.25) is 0 Å². The van der Waals surface area contributed by atoms with E-state index in [2.05, 4.69) is 48.3 Å². The fourth-order valence-electron chi connectivity index (χ4n) is 8.23. The van der Waals surface area contributed by atoms with Crippen LogP contribution in [0.4, 0.5) is 5.69 Å². The molecular weight excluding hydrogens is 621 g/mol. The summed E-state index contributed by atoms with van der Waals surface area (Å²) in [5.74, 6) is -0.702. The maximum absolute atomic E-state index is 14.1. The number of carbonyl (C=O) groups excluding carboxylic acids is 3. The third kappa shape index (κ3) is 4.64. The number of esters is 1. The molecule has 2 aliphatic heterocycles. The van der Waals surface area contributed by atoms with Crippen LogP contribution in [0.25, 0.3) is 0 Å². The fourth-order valence-corrected chi connectivity index (χ4v) is 11.1. The fraction of sp³-hybridized carbons (Fsp3) is 0.333. The lowest BCUT2D eigenvalue weighted by molar-refractivity contribution is -0.123. The maximum Gasteiger partial charge on any atom is 0.338 e. The first kappa shape index (κ1) is 29.3. The number of rotatable bonds is 7. The summed E-state index contributed by atoms with van der Waals surface area (Å²) in [5.41, 5.74) is 4.24. The number of anilines is 1. The van der Waals surface area contributed by atoms with Gasteiger partial charge in [0.1, 0.15) is 12.4 Å². The van der Waals surface area contributed by atoms with E-state index < -0.39 is 11.9 Å². The average Bonchev–Trinajstić information content (AvgIpc) is 3.80. The number of thioether (sulfide) groups is 1. The van der Waals surface area contributed by atoms with E-state index in [1.54, 1.807) is 43.0 Å². The van der Waals surface area contributed by atoms with Gasteiger partial charge in [-0.15, -0.1) is 11.8 Å². The molecule has 4 aromatic rings. The molecule has 1 saturated heterocycles. The Balaban J connectivity index is 1.08. The second kappa shape index (κ2) is 11.3. The highest BCUT2D eigenvalue weighted by Gasteiger charge is 2.69. The summed E-state index contributed by atoms with van der Waals surface area (Å²) in [6.45, 7) is 4.54. The van der Waals surface area contributed by atoms with Gasteiger partial charge in [-0.3, -0.25) is 19.3 Å². The molecule has 2 aliphatic carbocycles. The zero-order chi connectivity index (χ0) is 31.7. The van der Waals surface area contributed by atoms with Gasteiger partial charge in [-0.25, -0.2) is 4.79 Å². The van der Waals surface area contributed by atoms with Crippen molar-refractivity contribution in [3.05, 3.63) is 110 Å². The van der Waals surface area contributed by atoms with Crippen molar-refractivity contribution >= 4 is 46.6 Å². The van der Waals surface area contributed by atoms with Gasteiger partial charge in [-0.2, -0.15) is 0 Å². The van der Waals surface area contributed by atoms with Crippen LogP contribution in [0.1, 0.15) is 51.2 Å². The lowest BCUT2D eigenvalue weighted by Crippen LogP contribution is -2.42. The molecule has 0 radical (unpaired) electrons. The van der Waals surface area contributed by atoms with Crippen LogP contribution < -0.4 is 14.5 Å². The third-order valence-corrected chi connectivity index (χ3v) is 12.7. The van der Waals surface area contributed by atoms with Crippen molar-refractivity contribution in [1.29, 1.82) is 0 Å². The van der Waals surface area contributed by atoms with E-state index in [-0.39, 0.29) is 58.1 Å². The molecule has 2 amide bonds. The Bertz CT molecular complexity index is 1900. The van der Waals surface area contributed by atoms with Crippen molar-refractivity contribution in [3.8, 4) is 5.75 Å². The average molecular weight is 653 g/mol. The molecular formula is C36H32N2O6S2. The van der Waals surface area contributed by atoms with E-state index in [4.69, 9.17) is 9.47 Å². The number of aromatic nitrogens is 1. The quantitative estimate of drug-likeness (QED) is 0.188. The molecule has 7 atom stereocenters. The van der Waals surface area contributed by atoms with Crippen LogP contribution in [-0.4, -0.2) is 34.6 Å². The van der Waals surface area contributed by atoms with Crippen LogP contribution in [0.3, 0.4) is 0 Å². The predicted octanol–water partition coefficient (Wildman–Crippen LogP) is 6.18. The predicted molar refractivity (Wildman–Crippen MR) is 175 cm³/mol. The maximum atomic E-state index is 14.1. The zero-order valence-electron chi connectivity index (χ0n) is 25.3. The first-order valence-corrected chi connectivity index (χ1v) is 17.3. The monoisotopic (exact) mass is 652 g/mol. The summed E-state index contributed by atoms with van der Waals surface area (Å²) in [7, 11) is 0. The molecule has 4 aliphatic rings. The third-order valence-electron chi connectivity index (χ3n) is 10.1. The molecule has 6 unspecified atom stereocenters. The number of aryl methyl sites for hydroxylation is 1. The molecule has 1 N–H and O–H groups in total.